The predicted octanol–water partition coefficient (Wildman–Crippen LogP) is 1.89. The minimum absolute atomic E-state index is 0.142. The Morgan fingerprint density at radius 3 is 2.95 bits per heavy atom. The van der Waals surface area contributed by atoms with Crippen molar-refractivity contribution in [1.29, 1.82) is 0 Å². The van der Waals surface area contributed by atoms with Gasteiger partial charge < -0.3 is 15.3 Å². The van der Waals surface area contributed by atoms with Crippen LogP contribution in [0.1, 0.15) is 25.7 Å². The van der Waals surface area contributed by atoms with Crippen LogP contribution >= 0.6 is 0 Å². The fraction of sp³-hybridized carbons (Fsp3) is 0.533. The number of rotatable bonds is 2. The maximum atomic E-state index is 11.3. The highest BCUT2D eigenvalue weighted by atomic mass is 16.1. The molecule has 0 spiro atoms. The van der Waals surface area contributed by atoms with Crippen LogP contribution in [0.25, 0.3) is 11.0 Å². The van der Waals surface area contributed by atoms with E-state index < -0.39 is 0 Å². The van der Waals surface area contributed by atoms with Crippen molar-refractivity contribution in [1.82, 2.24) is 14.9 Å². The molecule has 0 radical (unpaired) electrons. The summed E-state index contributed by atoms with van der Waals surface area (Å²) in [6.07, 6.45) is 5.22. The van der Waals surface area contributed by atoms with Gasteiger partial charge in [-0.3, -0.25) is 4.90 Å². The van der Waals surface area contributed by atoms with Gasteiger partial charge in [0.15, 0.2) is 0 Å². The summed E-state index contributed by atoms with van der Waals surface area (Å²) in [7, 11) is 0. The number of fused-ring (bicyclic) bond motifs is 2. The van der Waals surface area contributed by atoms with E-state index in [1.54, 1.807) is 0 Å². The molecule has 4 rings (SSSR count). The number of hydrogen-bond acceptors (Lipinski definition) is 3. The second-order valence-corrected chi connectivity index (χ2v) is 5.98. The minimum atomic E-state index is -0.142. The van der Waals surface area contributed by atoms with Crippen molar-refractivity contribution in [3.05, 3.63) is 28.7 Å². The summed E-state index contributed by atoms with van der Waals surface area (Å²) in [5.41, 5.74) is 2.70. The predicted molar refractivity (Wildman–Crippen MR) is 80.2 cm³/mol. The van der Waals surface area contributed by atoms with Gasteiger partial charge in [0, 0.05) is 24.3 Å². The molecule has 106 valence electrons. The smallest absolute Gasteiger partial charge is 0.323 e. The zero-order valence-corrected chi connectivity index (χ0v) is 11.5. The molecule has 0 aliphatic carbocycles. The van der Waals surface area contributed by atoms with Crippen molar-refractivity contribution in [3.63, 3.8) is 0 Å². The van der Waals surface area contributed by atoms with E-state index >= 15 is 0 Å². The number of H-pyrrole nitrogens is 2. The summed E-state index contributed by atoms with van der Waals surface area (Å²) in [6.45, 7) is 2.47. The number of imidazole rings is 1. The van der Waals surface area contributed by atoms with E-state index in [9.17, 15) is 4.79 Å². The third kappa shape index (κ3) is 2.02. The first-order chi connectivity index (χ1) is 9.79. The van der Waals surface area contributed by atoms with Crippen molar-refractivity contribution < 1.29 is 0 Å². The van der Waals surface area contributed by atoms with E-state index in [0.29, 0.717) is 12.1 Å². The standard InChI is InChI=1S/C15H20N4O/c20-15-17-11-5-4-10(9-13(11)18-15)16-12-6-8-19-7-2-1-3-14(12)19/h4-5,9,12,14,16H,1-3,6-8H2,(H2,17,18,20). The molecule has 2 aliphatic rings. The minimum Gasteiger partial charge on any atom is -0.381 e. The molecule has 0 bridgehead atoms. The molecule has 2 unspecified atom stereocenters. The van der Waals surface area contributed by atoms with E-state index in [-0.39, 0.29) is 5.69 Å². The van der Waals surface area contributed by atoms with E-state index in [1.807, 2.05) is 12.1 Å². The molecule has 1 aromatic carbocycles. The number of aromatic amines is 2. The third-order valence-corrected chi connectivity index (χ3v) is 4.72. The number of aromatic nitrogens is 2. The first-order valence-electron chi connectivity index (χ1n) is 7.52. The van der Waals surface area contributed by atoms with Crippen LogP contribution in [0.2, 0.25) is 0 Å². The van der Waals surface area contributed by atoms with E-state index in [4.69, 9.17) is 0 Å². The summed E-state index contributed by atoms with van der Waals surface area (Å²) in [5.74, 6) is 0. The molecule has 2 saturated heterocycles. The molecule has 3 heterocycles. The zero-order chi connectivity index (χ0) is 13.5. The van der Waals surface area contributed by atoms with E-state index in [0.717, 1.165) is 16.7 Å². The molecule has 2 atom stereocenters. The average molecular weight is 272 g/mol. The fourth-order valence-electron chi connectivity index (χ4n) is 3.75. The van der Waals surface area contributed by atoms with Gasteiger partial charge in [-0.1, -0.05) is 6.42 Å². The molecule has 20 heavy (non-hydrogen) atoms. The third-order valence-electron chi connectivity index (χ3n) is 4.72. The summed E-state index contributed by atoms with van der Waals surface area (Å²) in [5, 5.41) is 3.66. The number of nitrogens with one attached hydrogen (secondary N) is 3. The average Bonchev–Trinajstić information content (AvgIpc) is 3.02. The van der Waals surface area contributed by atoms with Crippen LogP contribution in [0.5, 0.6) is 0 Å². The number of hydrogen-bond donors (Lipinski definition) is 3. The molecular formula is C15H20N4O. The monoisotopic (exact) mass is 272 g/mol. The first kappa shape index (κ1) is 12.0. The first-order valence-corrected chi connectivity index (χ1v) is 7.52. The fourth-order valence-corrected chi connectivity index (χ4v) is 3.75. The second kappa shape index (κ2) is 4.66. The Hall–Kier alpha value is -1.75. The van der Waals surface area contributed by atoms with Gasteiger partial charge in [0.2, 0.25) is 0 Å². The van der Waals surface area contributed by atoms with Crippen LogP contribution in [-0.4, -0.2) is 40.0 Å². The Morgan fingerprint density at radius 2 is 2.00 bits per heavy atom. The van der Waals surface area contributed by atoms with Crippen molar-refractivity contribution in [3.8, 4) is 0 Å². The van der Waals surface area contributed by atoms with Gasteiger partial charge in [-0.05, 0) is 44.0 Å². The second-order valence-electron chi connectivity index (χ2n) is 5.98. The van der Waals surface area contributed by atoms with Crippen molar-refractivity contribution in [2.24, 2.45) is 0 Å². The molecule has 5 nitrogen and oxygen atoms in total. The molecule has 0 saturated carbocycles. The quantitative estimate of drug-likeness (QED) is 0.782. The van der Waals surface area contributed by atoms with Crippen LogP contribution in [0.15, 0.2) is 23.0 Å². The molecular weight excluding hydrogens is 252 g/mol. The Morgan fingerprint density at radius 1 is 1.10 bits per heavy atom. The van der Waals surface area contributed by atoms with Crippen LogP contribution in [0, 0.1) is 0 Å². The highest BCUT2D eigenvalue weighted by molar-refractivity contribution is 5.78. The van der Waals surface area contributed by atoms with Gasteiger partial charge in [-0.15, -0.1) is 0 Å². The van der Waals surface area contributed by atoms with E-state index in [1.165, 1.54) is 38.8 Å². The maximum absolute atomic E-state index is 11.3. The summed E-state index contributed by atoms with van der Waals surface area (Å²) in [6, 6.07) is 7.27. The van der Waals surface area contributed by atoms with Crippen molar-refractivity contribution in [2.45, 2.75) is 37.8 Å². The van der Waals surface area contributed by atoms with Crippen LogP contribution in [0.4, 0.5) is 5.69 Å². The van der Waals surface area contributed by atoms with Gasteiger partial charge in [-0.25, -0.2) is 4.79 Å². The molecule has 1 aromatic heterocycles. The summed E-state index contributed by atoms with van der Waals surface area (Å²) >= 11 is 0. The molecule has 5 heteroatoms. The van der Waals surface area contributed by atoms with Crippen LogP contribution in [0.3, 0.4) is 0 Å². The van der Waals surface area contributed by atoms with Gasteiger partial charge in [0.05, 0.1) is 11.0 Å². The maximum Gasteiger partial charge on any atom is 0.323 e. The molecule has 0 amide bonds. The highest BCUT2D eigenvalue weighted by Gasteiger charge is 2.35. The van der Waals surface area contributed by atoms with Gasteiger partial charge in [0.25, 0.3) is 0 Å². The van der Waals surface area contributed by atoms with Gasteiger partial charge in [-0.2, -0.15) is 0 Å². The summed E-state index contributed by atoms with van der Waals surface area (Å²) in [4.78, 5) is 19.5. The SMILES string of the molecule is O=c1[nH]c2ccc(NC3CCN4CCCCC34)cc2[nH]1. The molecule has 2 aromatic rings. The van der Waals surface area contributed by atoms with Gasteiger partial charge >= 0.3 is 5.69 Å². The van der Waals surface area contributed by atoms with Crippen molar-refractivity contribution >= 4 is 16.7 Å². The Kier molecular flexibility index (Phi) is 2.80. The van der Waals surface area contributed by atoms with Crippen LogP contribution < -0.4 is 11.0 Å². The topological polar surface area (TPSA) is 63.9 Å². The lowest BCUT2D eigenvalue weighted by molar-refractivity contribution is 0.193. The van der Waals surface area contributed by atoms with Crippen LogP contribution in [-0.2, 0) is 0 Å². The number of piperidine rings is 1. The van der Waals surface area contributed by atoms with Crippen molar-refractivity contribution in [2.75, 3.05) is 18.4 Å². The molecule has 3 N–H and O–H groups in total. The Labute approximate surface area is 117 Å². The number of nitrogens with zero attached hydrogens (tertiary/aromatic N) is 1. The zero-order valence-electron chi connectivity index (χ0n) is 11.5. The lowest BCUT2D eigenvalue weighted by Gasteiger charge is -2.32. The normalized spacial score (nSPS) is 26.8. The Balaban J connectivity index is 1.56. The Bertz CT molecular complexity index is 674. The van der Waals surface area contributed by atoms with Gasteiger partial charge in [0.1, 0.15) is 0 Å². The van der Waals surface area contributed by atoms with E-state index in [2.05, 4.69) is 26.3 Å². The number of benzene rings is 1. The number of anilines is 1. The largest absolute Gasteiger partial charge is 0.381 e. The lowest BCUT2D eigenvalue weighted by atomic mass is 9.99. The molecule has 2 fully saturated rings. The summed E-state index contributed by atoms with van der Waals surface area (Å²) < 4.78 is 0. The highest BCUT2D eigenvalue weighted by Crippen LogP contribution is 2.29. The lowest BCUT2D eigenvalue weighted by Crippen LogP contribution is -2.41. The molecule has 2 aliphatic heterocycles.